The van der Waals surface area contributed by atoms with Crippen molar-refractivity contribution < 1.29 is 53.6 Å². The van der Waals surface area contributed by atoms with Crippen LogP contribution < -0.4 is 9.47 Å². The molecule has 306 valence electrons. The van der Waals surface area contributed by atoms with Crippen LogP contribution in [0.25, 0.3) is 0 Å². The van der Waals surface area contributed by atoms with Crippen LogP contribution in [0, 0.1) is 27.9 Å². The van der Waals surface area contributed by atoms with Gasteiger partial charge in [0.25, 0.3) is 5.69 Å². The van der Waals surface area contributed by atoms with E-state index < -0.39 is 28.8 Å². The largest absolute Gasteiger partial charge is 0.459 e. The van der Waals surface area contributed by atoms with Crippen molar-refractivity contribution in [3.05, 3.63) is 82.4 Å². The van der Waals surface area contributed by atoms with Crippen molar-refractivity contribution in [2.45, 2.75) is 69.6 Å². The van der Waals surface area contributed by atoms with Gasteiger partial charge in [-0.25, -0.2) is 4.79 Å². The topological polar surface area (TPSA) is 192 Å². The summed E-state index contributed by atoms with van der Waals surface area (Å²) in [7, 11) is 1.48. The van der Waals surface area contributed by atoms with Gasteiger partial charge in [0, 0.05) is 43.7 Å². The van der Waals surface area contributed by atoms with Crippen molar-refractivity contribution in [1.29, 1.82) is 0 Å². The molecule has 2 aromatic carbocycles. The molecule has 0 aromatic heterocycles. The SMILES string of the molecule is C=CCO[C@@]12Oc3ccc(Oc4cccc([N+](=O)[O-])c4)cc3[C@H]3[C@H](CCCCO)[C@@H](CCCCO)C=C(C(=NOC)C[C@@H]1N(CCOCCO)C(=O)OCC)[C@H]32. The molecule has 0 unspecified atom stereocenters. The van der Waals surface area contributed by atoms with Crippen molar-refractivity contribution in [3.8, 4) is 17.2 Å². The van der Waals surface area contributed by atoms with E-state index in [4.69, 9.17) is 28.5 Å². The summed E-state index contributed by atoms with van der Waals surface area (Å²) in [6.07, 6.45) is 7.73. The van der Waals surface area contributed by atoms with E-state index in [1.54, 1.807) is 42.2 Å². The molecule has 2 aliphatic carbocycles. The van der Waals surface area contributed by atoms with Crippen LogP contribution in [-0.4, -0.2) is 109 Å². The van der Waals surface area contributed by atoms with Crippen LogP contribution in [-0.2, 0) is 19.0 Å². The quantitative estimate of drug-likeness (QED) is 0.0538. The molecule has 2 aromatic rings. The number of fused-ring (bicyclic) bond motifs is 2. The van der Waals surface area contributed by atoms with E-state index in [0.29, 0.717) is 35.8 Å². The smallest absolute Gasteiger partial charge is 0.410 e. The van der Waals surface area contributed by atoms with E-state index in [9.17, 15) is 30.2 Å². The maximum absolute atomic E-state index is 14.0. The third-order valence-corrected chi connectivity index (χ3v) is 10.7. The number of nitro benzene ring substituents is 1. The number of benzene rings is 2. The molecule has 15 nitrogen and oxygen atoms in total. The second kappa shape index (κ2) is 20.6. The van der Waals surface area contributed by atoms with E-state index in [2.05, 4.69) is 17.8 Å². The molecule has 1 heterocycles. The molecule has 1 aliphatic heterocycles. The highest BCUT2D eigenvalue weighted by molar-refractivity contribution is 6.02. The van der Waals surface area contributed by atoms with Crippen LogP contribution in [0.1, 0.15) is 63.4 Å². The van der Waals surface area contributed by atoms with Crippen LogP contribution in [0.15, 0.2) is 71.9 Å². The second-order valence-electron chi connectivity index (χ2n) is 14.0. The van der Waals surface area contributed by atoms with Crippen LogP contribution in [0.3, 0.4) is 0 Å². The van der Waals surface area contributed by atoms with Crippen molar-refractivity contribution in [2.24, 2.45) is 22.9 Å². The fourth-order valence-electron chi connectivity index (χ4n) is 8.53. The number of ether oxygens (including phenoxy) is 5. The molecule has 3 aliphatic rings. The minimum atomic E-state index is -1.50. The predicted octanol–water partition coefficient (Wildman–Crippen LogP) is 6.12. The van der Waals surface area contributed by atoms with Crippen molar-refractivity contribution in [1.82, 2.24) is 4.90 Å². The molecule has 1 amide bonds. The number of hydrogen-bond acceptors (Lipinski definition) is 13. The Hall–Kier alpha value is -4.54. The van der Waals surface area contributed by atoms with Gasteiger partial charge in [-0.1, -0.05) is 36.2 Å². The second-order valence-corrected chi connectivity index (χ2v) is 14.0. The fourth-order valence-corrected chi connectivity index (χ4v) is 8.53. The maximum atomic E-state index is 14.0. The average Bonchev–Trinajstić information content (AvgIpc) is 3.19. The van der Waals surface area contributed by atoms with Gasteiger partial charge in [0.2, 0.25) is 5.79 Å². The van der Waals surface area contributed by atoms with Gasteiger partial charge >= 0.3 is 6.09 Å². The molecule has 1 fully saturated rings. The summed E-state index contributed by atoms with van der Waals surface area (Å²) >= 11 is 0. The van der Waals surface area contributed by atoms with Crippen molar-refractivity contribution >= 4 is 17.5 Å². The van der Waals surface area contributed by atoms with Gasteiger partial charge in [-0.15, -0.1) is 6.58 Å². The van der Waals surface area contributed by atoms with Gasteiger partial charge in [-0.3, -0.25) is 15.0 Å². The van der Waals surface area contributed by atoms with Crippen LogP contribution in [0.4, 0.5) is 10.5 Å². The Labute approximate surface area is 327 Å². The molecule has 5 rings (SSSR count). The summed E-state index contributed by atoms with van der Waals surface area (Å²) in [5.74, 6) is -1.11. The molecule has 1 saturated carbocycles. The molecular formula is C41H55N3O12. The minimum absolute atomic E-state index is 0.0209. The number of aliphatic hydroxyl groups excluding tert-OH is 3. The summed E-state index contributed by atoms with van der Waals surface area (Å²) in [4.78, 5) is 32.1. The molecule has 6 atom stereocenters. The summed E-state index contributed by atoms with van der Waals surface area (Å²) in [5.41, 5.74) is 2.21. The Morgan fingerprint density at radius 1 is 1.07 bits per heavy atom. The lowest BCUT2D eigenvalue weighted by molar-refractivity contribution is -0.384. The fraction of sp³-hybridized carbons (Fsp3) is 0.561. The van der Waals surface area contributed by atoms with Crippen molar-refractivity contribution in [2.75, 3.05) is 59.9 Å². The van der Waals surface area contributed by atoms with Gasteiger partial charge in [-0.2, -0.15) is 0 Å². The van der Waals surface area contributed by atoms with Crippen LogP contribution in [0.2, 0.25) is 0 Å². The lowest BCUT2D eigenvalue weighted by Gasteiger charge is -2.59. The highest BCUT2D eigenvalue weighted by Gasteiger charge is 2.65. The van der Waals surface area contributed by atoms with E-state index in [0.717, 1.165) is 36.8 Å². The first-order valence-electron chi connectivity index (χ1n) is 19.4. The zero-order valence-electron chi connectivity index (χ0n) is 32.3. The number of amides is 1. The van der Waals surface area contributed by atoms with E-state index in [-0.39, 0.29) is 82.7 Å². The summed E-state index contributed by atoms with van der Waals surface area (Å²) < 4.78 is 31.6. The standard InChI is InChI=1S/C41H55N3O12/c1-4-21-54-41-37(43(40(48)53-5-2)17-22-52-23-20-47)27-35(42-51-3)33-24-28(11-6-8-18-45)32(14-7-9-19-46)38(39(33)41)34-26-31(15-16-36(34)56-41)55-30-13-10-12-29(25-30)44(49)50/h4,10,12-13,15-16,24-26,28,32,37-39,45-47H,1,5-9,11,14,17-23,27H2,2-3H3/t28-,32+,37-,38+,39+,41+/m0/s1. The predicted molar refractivity (Wildman–Crippen MR) is 207 cm³/mol. The minimum Gasteiger partial charge on any atom is -0.459 e. The van der Waals surface area contributed by atoms with E-state index in [1.807, 2.05) is 6.07 Å². The highest BCUT2D eigenvalue weighted by Crippen LogP contribution is 2.62. The third-order valence-electron chi connectivity index (χ3n) is 10.7. The molecule has 15 heteroatoms. The van der Waals surface area contributed by atoms with E-state index in [1.165, 1.54) is 19.2 Å². The number of allylic oxidation sites excluding steroid dienone is 1. The Balaban J connectivity index is 1.75. The maximum Gasteiger partial charge on any atom is 0.410 e. The number of non-ortho nitro benzene ring substituents is 1. The number of nitro groups is 1. The summed E-state index contributed by atoms with van der Waals surface area (Å²) in [6.45, 7) is 6.10. The molecule has 0 radical (unpaired) electrons. The number of unbranched alkanes of at least 4 members (excludes halogenated alkanes) is 2. The van der Waals surface area contributed by atoms with Gasteiger partial charge in [-0.05, 0) is 74.3 Å². The molecule has 0 spiro atoms. The number of oxime groups is 1. The van der Waals surface area contributed by atoms with Gasteiger partial charge in [0.1, 0.15) is 30.4 Å². The number of nitrogens with zero attached hydrogens (tertiary/aromatic N) is 3. The normalized spacial score (nSPS) is 24.3. The third kappa shape index (κ3) is 9.52. The molecule has 3 N–H and O–H groups in total. The summed E-state index contributed by atoms with van der Waals surface area (Å²) in [6, 6.07) is 10.6. The monoisotopic (exact) mass is 781 g/mol. The van der Waals surface area contributed by atoms with E-state index >= 15 is 0 Å². The number of carbonyl (C=O) groups is 1. The van der Waals surface area contributed by atoms with Gasteiger partial charge in [0.05, 0.1) is 55.7 Å². The molecule has 56 heavy (non-hydrogen) atoms. The first-order chi connectivity index (χ1) is 27.3. The first kappa shape index (κ1) is 42.6. The molecule has 0 bridgehead atoms. The molecule has 0 saturated heterocycles. The van der Waals surface area contributed by atoms with Gasteiger partial charge < -0.3 is 43.8 Å². The first-order valence-corrected chi connectivity index (χ1v) is 19.4. The lowest BCUT2D eigenvalue weighted by Crippen LogP contribution is -2.70. The van der Waals surface area contributed by atoms with Crippen molar-refractivity contribution in [3.63, 3.8) is 0 Å². The summed E-state index contributed by atoms with van der Waals surface area (Å²) in [5, 5.41) is 45.1. The Morgan fingerprint density at radius 3 is 2.54 bits per heavy atom. The average molecular weight is 782 g/mol. The number of aliphatic hydroxyl groups is 3. The number of rotatable bonds is 22. The Bertz CT molecular complexity index is 1700. The Morgan fingerprint density at radius 2 is 1.84 bits per heavy atom. The zero-order valence-corrected chi connectivity index (χ0v) is 32.3. The number of hydrogen-bond donors (Lipinski definition) is 3. The van der Waals surface area contributed by atoms with Crippen LogP contribution >= 0.6 is 0 Å². The molecular weight excluding hydrogens is 726 g/mol. The highest BCUT2D eigenvalue weighted by atomic mass is 16.7. The lowest BCUT2D eigenvalue weighted by atomic mass is 9.55. The zero-order chi connectivity index (χ0) is 40.1. The van der Waals surface area contributed by atoms with Crippen LogP contribution in [0.5, 0.6) is 17.2 Å². The number of carbonyl (C=O) groups excluding carboxylic acids is 1. The van der Waals surface area contributed by atoms with Gasteiger partial charge in [0.15, 0.2) is 0 Å². The Kier molecular flexibility index (Phi) is 15.7.